The van der Waals surface area contributed by atoms with Crippen LogP contribution < -0.4 is 0 Å². The van der Waals surface area contributed by atoms with Crippen LogP contribution in [0, 0.1) is 0 Å². The van der Waals surface area contributed by atoms with E-state index in [0.29, 0.717) is 5.03 Å². The zero-order chi connectivity index (χ0) is 12.5. The molecule has 7 heteroatoms. The number of para-hydroxylation sites is 1. The highest BCUT2D eigenvalue weighted by molar-refractivity contribution is 9.39. The molecule has 2 rings (SSSR count). The number of fused-ring (bicyclic) bond motifs is 1. The van der Waals surface area contributed by atoms with Crippen LogP contribution in [0.3, 0.4) is 0 Å². The molecule has 0 aliphatic carbocycles. The minimum Gasteiger partial charge on any atom is -0.244 e. The largest absolute Gasteiger partial charge is 0.248 e. The number of benzene rings is 1. The van der Waals surface area contributed by atoms with E-state index in [0.717, 1.165) is 10.9 Å². The van der Waals surface area contributed by atoms with E-state index in [1.165, 1.54) is 0 Å². The first-order valence-corrected chi connectivity index (χ1v) is 7.95. The maximum absolute atomic E-state index is 11.8. The van der Waals surface area contributed by atoms with Gasteiger partial charge in [-0.1, -0.05) is 18.2 Å². The zero-order valence-corrected chi connectivity index (χ0v) is 13.8. The summed E-state index contributed by atoms with van der Waals surface area (Å²) in [6.07, 6.45) is 0. The van der Waals surface area contributed by atoms with Gasteiger partial charge in [-0.15, -0.1) is 0 Å². The first-order chi connectivity index (χ1) is 7.96. The SMILES string of the molecule is O=S(OC(Br)(Br)Br)c1ccc2ccccc2n1. The summed E-state index contributed by atoms with van der Waals surface area (Å²) in [5.41, 5.74) is 0.784. The molecule has 1 aromatic carbocycles. The molecule has 1 aromatic heterocycles. The van der Waals surface area contributed by atoms with Crippen molar-refractivity contribution in [2.24, 2.45) is 0 Å². The molecule has 90 valence electrons. The van der Waals surface area contributed by atoms with E-state index in [1.54, 1.807) is 6.07 Å². The maximum Gasteiger partial charge on any atom is 0.248 e. The van der Waals surface area contributed by atoms with Crippen molar-refractivity contribution in [1.29, 1.82) is 0 Å². The van der Waals surface area contributed by atoms with Crippen molar-refractivity contribution in [2.45, 2.75) is 7.35 Å². The van der Waals surface area contributed by atoms with Crippen LogP contribution in [-0.2, 0) is 15.3 Å². The molecule has 1 atom stereocenters. The third-order valence-corrected chi connectivity index (χ3v) is 4.01. The van der Waals surface area contributed by atoms with Crippen LogP contribution in [-0.4, -0.2) is 11.5 Å². The molecule has 0 radical (unpaired) electrons. The van der Waals surface area contributed by atoms with Gasteiger partial charge in [0, 0.05) is 5.39 Å². The number of pyridine rings is 1. The molecule has 3 nitrogen and oxygen atoms in total. The second kappa shape index (κ2) is 5.44. The monoisotopic (exact) mass is 441 g/mol. The first kappa shape index (κ1) is 13.6. The number of hydrogen-bond acceptors (Lipinski definition) is 3. The minimum absolute atomic E-state index is 0.367. The summed E-state index contributed by atoms with van der Waals surface area (Å²) in [7, 11) is 0. The smallest absolute Gasteiger partial charge is 0.244 e. The van der Waals surface area contributed by atoms with E-state index in [-0.39, 0.29) is 0 Å². The summed E-state index contributed by atoms with van der Waals surface area (Å²) in [5, 5.41) is 1.36. The van der Waals surface area contributed by atoms with Crippen molar-refractivity contribution in [2.75, 3.05) is 0 Å². The summed E-state index contributed by atoms with van der Waals surface area (Å²) in [6.45, 7) is 0. The fraction of sp³-hybridized carbons (Fsp3) is 0.100. The number of rotatable bonds is 2. The van der Waals surface area contributed by atoms with Gasteiger partial charge in [-0.3, -0.25) is 0 Å². The van der Waals surface area contributed by atoms with E-state index < -0.39 is 13.4 Å². The second-order valence-corrected chi connectivity index (χ2v) is 10.7. The van der Waals surface area contributed by atoms with Crippen LogP contribution in [0.15, 0.2) is 41.4 Å². The van der Waals surface area contributed by atoms with Gasteiger partial charge in [-0.25, -0.2) is 13.4 Å². The molecular formula is C10H6Br3NO2S. The lowest BCUT2D eigenvalue weighted by Crippen LogP contribution is -2.10. The van der Waals surface area contributed by atoms with E-state index >= 15 is 0 Å². The molecule has 0 saturated heterocycles. The summed E-state index contributed by atoms with van der Waals surface area (Å²) in [6, 6.07) is 11.2. The van der Waals surface area contributed by atoms with Crippen LogP contribution in [0.1, 0.15) is 0 Å². The number of nitrogens with zero attached hydrogens (tertiary/aromatic N) is 1. The lowest BCUT2D eigenvalue weighted by molar-refractivity contribution is 0.387. The maximum atomic E-state index is 11.8. The van der Waals surface area contributed by atoms with E-state index in [2.05, 4.69) is 52.8 Å². The third kappa shape index (κ3) is 3.82. The Labute approximate surface area is 126 Å². The Morgan fingerprint density at radius 2 is 1.82 bits per heavy atom. The molecule has 1 unspecified atom stereocenters. The molecule has 0 spiro atoms. The Hall–Kier alpha value is 0.180. The second-order valence-electron chi connectivity index (χ2n) is 3.11. The van der Waals surface area contributed by atoms with Crippen molar-refractivity contribution in [3.05, 3.63) is 36.4 Å². The number of halogens is 3. The van der Waals surface area contributed by atoms with Crippen LogP contribution in [0.5, 0.6) is 0 Å². The Bertz CT molecular complexity index is 571. The van der Waals surface area contributed by atoms with Gasteiger partial charge in [-0.2, -0.15) is 0 Å². The minimum atomic E-state index is -1.66. The average molecular weight is 444 g/mol. The lowest BCUT2D eigenvalue weighted by atomic mass is 10.2. The normalized spacial score (nSPS) is 13.8. The van der Waals surface area contributed by atoms with Gasteiger partial charge in [0.2, 0.25) is 13.4 Å². The standard InChI is InChI=1S/C10H6Br3NO2S/c11-10(12,13)16-17(15)9-6-5-7-3-1-2-4-8(7)14-9/h1-6H. The molecule has 0 saturated carbocycles. The van der Waals surface area contributed by atoms with Crippen molar-refractivity contribution >= 4 is 69.8 Å². The van der Waals surface area contributed by atoms with Crippen LogP contribution in [0.2, 0.25) is 0 Å². The Morgan fingerprint density at radius 1 is 1.12 bits per heavy atom. The quantitative estimate of drug-likeness (QED) is 0.657. The van der Waals surface area contributed by atoms with Gasteiger partial charge in [0.15, 0.2) is 5.03 Å². The van der Waals surface area contributed by atoms with Crippen LogP contribution in [0.4, 0.5) is 0 Å². The van der Waals surface area contributed by atoms with Gasteiger partial charge in [0.25, 0.3) is 0 Å². The van der Waals surface area contributed by atoms with E-state index in [1.807, 2.05) is 30.3 Å². The Morgan fingerprint density at radius 3 is 2.53 bits per heavy atom. The number of aromatic nitrogens is 1. The summed E-state index contributed by atoms with van der Waals surface area (Å²) < 4.78 is 16.0. The van der Waals surface area contributed by atoms with Crippen molar-refractivity contribution in [3.8, 4) is 0 Å². The summed E-state index contributed by atoms with van der Waals surface area (Å²) in [5.74, 6) is 0. The van der Waals surface area contributed by atoms with Gasteiger partial charge >= 0.3 is 0 Å². The predicted octanol–water partition coefficient (Wildman–Crippen LogP) is 4.07. The average Bonchev–Trinajstić information content (AvgIpc) is 2.26. The molecule has 0 fully saturated rings. The number of alkyl halides is 3. The van der Waals surface area contributed by atoms with Gasteiger partial charge in [0.1, 0.15) is 0 Å². The highest BCUT2D eigenvalue weighted by atomic mass is 80.0. The first-order valence-electron chi connectivity index (χ1n) is 4.49. The topological polar surface area (TPSA) is 39.2 Å². The molecule has 0 amide bonds. The van der Waals surface area contributed by atoms with Crippen LogP contribution in [0.25, 0.3) is 10.9 Å². The molecule has 0 N–H and O–H groups in total. The fourth-order valence-electron chi connectivity index (χ4n) is 1.27. The van der Waals surface area contributed by atoms with Gasteiger partial charge in [0.05, 0.1) is 5.52 Å². The molecule has 17 heavy (non-hydrogen) atoms. The Balaban J connectivity index is 2.33. The molecule has 0 aliphatic rings. The fourth-order valence-corrected chi connectivity index (χ4v) is 2.96. The molecule has 1 heterocycles. The highest BCUT2D eigenvalue weighted by Gasteiger charge is 2.23. The molecule has 0 bridgehead atoms. The molecular weight excluding hydrogens is 438 g/mol. The van der Waals surface area contributed by atoms with E-state index in [4.69, 9.17) is 4.18 Å². The third-order valence-electron chi connectivity index (χ3n) is 1.91. The predicted molar refractivity (Wildman–Crippen MR) is 78.7 cm³/mol. The zero-order valence-electron chi connectivity index (χ0n) is 8.27. The molecule has 0 aliphatic heterocycles. The summed E-state index contributed by atoms with van der Waals surface area (Å²) >= 11 is 7.69. The van der Waals surface area contributed by atoms with Gasteiger partial charge in [-0.05, 0) is 66.0 Å². The van der Waals surface area contributed by atoms with Gasteiger partial charge < -0.3 is 0 Å². The number of hydrogen-bond donors (Lipinski definition) is 0. The van der Waals surface area contributed by atoms with Crippen molar-refractivity contribution in [3.63, 3.8) is 0 Å². The van der Waals surface area contributed by atoms with Crippen molar-refractivity contribution < 1.29 is 8.39 Å². The van der Waals surface area contributed by atoms with Crippen LogP contribution >= 0.6 is 47.8 Å². The lowest BCUT2D eigenvalue weighted by Gasteiger charge is -2.11. The highest BCUT2D eigenvalue weighted by Crippen LogP contribution is 2.36. The Kier molecular flexibility index (Phi) is 4.35. The van der Waals surface area contributed by atoms with Crippen molar-refractivity contribution in [1.82, 2.24) is 4.98 Å². The molecule has 2 aromatic rings. The summed E-state index contributed by atoms with van der Waals surface area (Å²) in [4.78, 5) is 4.27. The van der Waals surface area contributed by atoms with E-state index in [9.17, 15) is 4.21 Å².